The molecule has 0 bridgehead atoms. The highest BCUT2D eigenvalue weighted by molar-refractivity contribution is 9.10. The first-order valence-electron chi connectivity index (χ1n) is 9.87. The zero-order chi connectivity index (χ0) is 21.3. The van der Waals surface area contributed by atoms with Crippen LogP contribution in [0.4, 0.5) is 10.6 Å². The summed E-state index contributed by atoms with van der Waals surface area (Å²) in [6.45, 7) is 11.1. The zero-order valence-electron chi connectivity index (χ0n) is 17.6. The van der Waals surface area contributed by atoms with E-state index in [0.29, 0.717) is 18.9 Å². The third-order valence-electron chi connectivity index (χ3n) is 4.81. The van der Waals surface area contributed by atoms with E-state index in [-0.39, 0.29) is 18.1 Å². The Morgan fingerprint density at radius 1 is 1.31 bits per heavy atom. The lowest BCUT2D eigenvalue weighted by molar-refractivity contribution is 0.0199. The first kappa shape index (κ1) is 21.4. The van der Waals surface area contributed by atoms with E-state index in [1.807, 2.05) is 20.8 Å². The first-order chi connectivity index (χ1) is 13.6. The molecule has 1 amide bonds. The Labute approximate surface area is 180 Å². The van der Waals surface area contributed by atoms with Gasteiger partial charge in [0.2, 0.25) is 0 Å². The van der Waals surface area contributed by atoms with Crippen LogP contribution in [0.5, 0.6) is 0 Å². The van der Waals surface area contributed by atoms with Crippen LogP contribution in [0.25, 0.3) is 11.0 Å². The maximum absolute atomic E-state index is 12.2. The van der Waals surface area contributed by atoms with E-state index in [0.717, 1.165) is 34.0 Å². The predicted molar refractivity (Wildman–Crippen MR) is 117 cm³/mol. The lowest BCUT2D eigenvalue weighted by Crippen LogP contribution is -2.41. The van der Waals surface area contributed by atoms with Crippen molar-refractivity contribution in [2.75, 3.05) is 18.8 Å². The Kier molecular flexibility index (Phi) is 6.08. The standard InChI is InChI=1S/C21H28BrN5O2/c1-13(2)27-15(17(22)16-18(23)24-12-25-19(16)27)7-6-14-8-10-26(11-9-14)20(28)29-21(3,4)5/h12-14H,8-11H2,1-5H3,(H2,23,24,25). The van der Waals surface area contributed by atoms with E-state index in [4.69, 9.17) is 10.5 Å². The fourth-order valence-corrected chi connectivity index (χ4v) is 4.10. The smallest absolute Gasteiger partial charge is 0.410 e. The monoisotopic (exact) mass is 461 g/mol. The average Bonchev–Trinajstić information content (AvgIpc) is 2.92. The van der Waals surface area contributed by atoms with Gasteiger partial charge in [-0.05, 0) is 69.3 Å². The van der Waals surface area contributed by atoms with Gasteiger partial charge in [0.05, 0.1) is 9.86 Å². The molecule has 156 valence electrons. The predicted octanol–water partition coefficient (Wildman–Crippen LogP) is 4.36. The number of nitrogens with zero attached hydrogens (tertiary/aromatic N) is 4. The van der Waals surface area contributed by atoms with Crippen LogP contribution in [-0.2, 0) is 4.74 Å². The Morgan fingerprint density at radius 2 is 1.97 bits per heavy atom. The van der Waals surface area contributed by atoms with Crippen molar-refractivity contribution in [2.45, 2.75) is 59.1 Å². The third-order valence-corrected chi connectivity index (χ3v) is 5.58. The van der Waals surface area contributed by atoms with E-state index in [2.05, 4.69) is 56.2 Å². The number of carbonyl (C=O) groups is 1. The van der Waals surface area contributed by atoms with Gasteiger partial charge in [-0.2, -0.15) is 0 Å². The van der Waals surface area contributed by atoms with E-state index in [9.17, 15) is 4.79 Å². The minimum Gasteiger partial charge on any atom is -0.444 e. The maximum atomic E-state index is 12.2. The van der Waals surface area contributed by atoms with Gasteiger partial charge in [-0.25, -0.2) is 14.8 Å². The van der Waals surface area contributed by atoms with Crippen molar-refractivity contribution in [3.05, 3.63) is 16.5 Å². The van der Waals surface area contributed by atoms with Crippen molar-refractivity contribution in [2.24, 2.45) is 5.92 Å². The van der Waals surface area contributed by atoms with Gasteiger partial charge in [-0.1, -0.05) is 5.92 Å². The van der Waals surface area contributed by atoms with Gasteiger partial charge in [-0.15, -0.1) is 0 Å². The number of aromatic nitrogens is 3. The third kappa shape index (κ3) is 4.67. The number of amides is 1. The lowest BCUT2D eigenvalue weighted by atomic mass is 9.97. The summed E-state index contributed by atoms with van der Waals surface area (Å²) in [6.07, 6.45) is 2.88. The normalized spacial score (nSPS) is 15.5. The van der Waals surface area contributed by atoms with Crippen LogP contribution in [0.1, 0.15) is 59.2 Å². The van der Waals surface area contributed by atoms with Gasteiger partial charge in [0.15, 0.2) is 0 Å². The molecule has 0 aromatic carbocycles. The molecule has 1 saturated heterocycles. The van der Waals surface area contributed by atoms with Crippen LogP contribution in [0.2, 0.25) is 0 Å². The van der Waals surface area contributed by atoms with Gasteiger partial charge < -0.3 is 19.9 Å². The molecule has 0 spiro atoms. The lowest BCUT2D eigenvalue weighted by Gasteiger charge is -2.31. The molecule has 2 N–H and O–H groups in total. The fourth-order valence-electron chi connectivity index (χ4n) is 3.43. The second kappa shape index (κ2) is 8.23. The van der Waals surface area contributed by atoms with Crippen LogP contribution >= 0.6 is 15.9 Å². The summed E-state index contributed by atoms with van der Waals surface area (Å²) >= 11 is 3.65. The molecule has 0 saturated carbocycles. The molecule has 3 rings (SSSR count). The highest BCUT2D eigenvalue weighted by Crippen LogP contribution is 2.34. The van der Waals surface area contributed by atoms with Gasteiger partial charge in [0, 0.05) is 25.0 Å². The Hall–Kier alpha value is -2.27. The number of rotatable bonds is 1. The number of hydrogen-bond donors (Lipinski definition) is 1. The Morgan fingerprint density at radius 3 is 2.55 bits per heavy atom. The summed E-state index contributed by atoms with van der Waals surface area (Å²) in [5.41, 5.74) is 7.24. The van der Waals surface area contributed by atoms with Crippen LogP contribution in [0.15, 0.2) is 10.8 Å². The molecule has 3 heterocycles. The molecule has 0 radical (unpaired) electrons. The minimum absolute atomic E-state index is 0.177. The largest absolute Gasteiger partial charge is 0.444 e. The van der Waals surface area contributed by atoms with Gasteiger partial charge in [0.1, 0.15) is 29.1 Å². The number of halogens is 1. The summed E-state index contributed by atoms with van der Waals surface area (Å²) in [6, 6.07) is 0.177. The number of carbonyl (C=O) groups excluding carboxylic acids is 1. The van der Waals surface area contributed by atoms with Crippen LogP contribution in [0.3, 0.4) is 0 Å². The van der Waals surface area contributed by atoms with Crippen LogP contribution in [-0.4, -0.2) is 44.2 Å². The van der Waals surface area contributed by atoms with E-state index in [1.165, 1.54) is 6.33 Å². The zero-order valence-corrected chi connectivity index (χ0v) is 19.2. The number of likely N-dealkylation sites (tertiary alicyclic amines) is 1. The van der Waals surface area contributed by atoms with Crippen molar-refractivity contribution >= 4 is 38.9 Å². The summed E-state index contributed by atoms with van der Waals surface area (Å²) in [5, 5.41) is 0.797. The first-order valence-corrected chi connectivity index (χ1v) is 10.7. The summed E-state index contributed by atoms with van der Waals surface area (Å²) in [5.74, 6) is 7.40. The summed E-state index contributed by atoms with van der Waals surface area (Å²) in [7, 11) is 0. The number of nitrogens with two attached hydrogens (primary N) is 1. The molecule has 0 unspecified atom stereocenters. The second-order valence-corrected chi connectivity index (χ2v) is 9.39. The number of fused-ring (bicyclic) bond motifs is 1. The summed E-state index contributed by atoms with van der Waals surface area (Å²) in [4.78, 5) is 22.5. The van der Waals surface area contributed by atoms with Crippen molar-refractivity contribution in [1.29, 1.82) is 0 Å². The highest BCUT2D eigenvalue weighted by Gasteiger charge is 2.26. The minimum atomic E-state index is -0.477. The maximum Gasteiger partial charge on any atom is 0.410 e. The Bertz CT molecular complexity index is 973. The van der Waals surface area contributed by atoms with Gasteiger partial charge in [0.25, 0.3) is 0 Å². The molecule has 0 aliphatic carbocycles. The number of hydrogen-bond acceptors (Lipinski definition) is 5. The van der Waals surface area contributed by atoms with Crippen molar-refractivity contribution in [1.82, 2.24) is 19.4 Å². The molecule has 1 aliphatic heterocycles. The summed E-state index contributed by atoms with van der Waals surface area (Å²) < 4.78 is 8.38. The van der Waals surface area contributed by atoms with E-state index >= 15 is 0 Å². The molecule has 7 nitrogen and oxygen atoms in total. The van der Waals surface area contributed by atoms with Crippen molar-refractivity contribution in [3.8, 4) is 11.8 Å². The van der Waals surface area contributed by atoms with E-state index in [1.54, 1.807) is 4.90 Å². The second-order valence-electron chi connectivity index (χ2n) is 8.59. The van der Waals surface area contributed by atoms with Crippen LogP contribution < -0.4 is 5.73 Å². The average molecular weight is 462 g/mol. The van der Waals surface area contributed by atoms with Crippen molar-refractivity contribution in [3.63, 3.8) is 0 Å². The topological polar surface area (TPSA) is 86.3 Å². The molecule has 2 aromatic rings. The molecular formula is C21H28BrN5O2. The van der Waals surface area contributed by atoms with Gasteiger partial charge in [-0.3, -0.25) is 0 Å². The number of piperidine rings is 1. The number of nitrogen functional groups attached to an aromatic ring is 1. The van der Waals surface area contributed by atoms with E-state index < -0.39 is 5.60 Å². The van der Waals surface area contributed by atoms with Crippen LogP contribution in [0, 0.1) is 17.8 Å². The van der Waals surface area contributed by atoms with Gasteiger partial charge >= 0.3 is 6.09 Å². The molecule has 1 fully saturated rings. The quantitative estimate of drug-likeness (QED) is 0.637. The molecular weight excluding hydrogens is 434 g/mol. The SMILES string of the molecule is CC(C)n1c(C#CC2CCN(C(=O)OC(C)(C)C)CC2)c(Br)c2c(N)ncnc21. The number of ether oxygens (including phenoxy) is 1. The fraction of sp³-hybridized carbons (Fsp3) is 0.571. The molecule has 29 heavy (non-hydrogen) atoms. The molecule has 1 aliphatic rings. The molecule has 8 heteroatoms. The Balaban J connectivity index is 1.79. The van der Waals surface area contributed by atoms with Crippen molar-refractivity contribution < 1.29 is 9.53 Å². The number of anilines is 1. The molecule has 0 atom stereocenters. The molecule has 2 aromatic heterocycles. The highest BCUT2D eigenvalue weighted by atomic mass is 79.9.